The van der Waals surface area contributed by atoms with E-state index in [4.69, 9.17) is 28.3 Å². The Hall–Kier alpha value is -5.62. The van der Waals surface area contributed by atoms with Gasteiger partial charge in [-0.15, -0.1) is 0 Å². The molecular formula is C57H69Cl2FN8O8. The lowest BCUT2D eigenvalue weighted by Gasteiger charge is -2.47. The topological polar surface area (TPSA) is 204 Å². The summed E-state index contributed by atoms with van der Waals surface area (Å²) >= 11 is 12.9. The third kappa shape index (κ3) is 10.3. The standard InChI is InChI=1S/C57H69Cl2FN8O8/c58-37-18-21-40-42(34-37)62-54(75)57(40)48(39-12-9-13-41(59)49(39)60)50(64-56(57)25-6-4-7-26-56)52(73)61-38-19-16-36(17-20-38)53(74)66-31-29-65(30-32-66)27-10-11-35-15-22-43-45(33-35)67(28-8-3-1-2-5-14-47(70)71)55(76)68(43)44-23-24-46(69)63-51(44)72/h9,12-13,15,18,21-22,33-34,36,38,44,48,50,64H,1-8,10-11,14,16-17,19-20,23-32H2,(H,61,73)(H,62,75)(H,70,71)(H,63,69,72)/t36?,38?,44?,48-,50+,57+/m0/s1. The van der Waals surface area contributed by atoms with E-state index in [2.05, 4.69) is 26.2 Å². The van der Waals surface area contributed by atoms with Crippen molar-refractivity contribution in [2.24, 2.45) is 5.92 Å². The number of nitrogens with zero attached hydrogens (tertiary/aromatic N) is 4. The van der Waals surface area contributed by atoms with Crippen molar-refractivity contribution < 1.29 is 38.3 Å². The van der Waals surface area contributed by atoms with Gasteiger partial charge in [0.05, 0.1) is 22.1 Å². The molecule has 5 heterocycles. The van der Waals surface area contributed by atoms with E-state index in [9.17, 15) is 33.6 Å². The predicted octanol–water partition coefficient (Wildman–Crippen LogP) is 7.75. The summed E-state index contributed by atoms with van der Waals surface area (Å²) in [6.07, 6.45) is 12.5. The highest BCUT2D eigenvalue weighted by molar-refractivity contribution is 6.31. The molecule has 5 amide bonds. The van der Waals surface area contributed by atoms with Gasteiger partial charge in [0.25, 0.3) is 0 Å². The van der Waals surface area contributed by atoms with Crippen LogP contribution < -0.4 is 27.0 Å². The number of carboxylic acid groups (broad SMARTS) is 1. The minimum Gasteiger partial charge on any atom is -0.481 e. The maximum Gasteiger partial charge on any atom is 0.329 e. The number of hydrogen-bond donors (Lipinski definition) is 5. The lowest BCUT2D eigenvalue weighted by atomic mass is 9.55. The number of piperidine rings is 1. The van der Waals surface area contributed by atoms with Crippen LogP contribution in [0.5, 0.6) is 0 Å². The Bertz CT molecular complexity index is 2960. The first-order valence-electron chi connectivity index (χ1n) is 27.6. The zero-order valence-electron chi connectivity index (χ0n) is 43.0. The van der Waals surface area contributed by atoms with Crippen LogP contribution >= 0.6 is 23.2 Å². The number of imide groups is 1. The highest BCUT2D eigenvalue weighted by Crippen LogP contribution is 2.63. The lowest BCUT2D eigenvalue weighted by Crippen LogP contribution is -2.60. The van der Waals surface area contributed by atoms with Gasteiger partial charge in [0.2, 0.25) is 29.5 Å². The SMILES string of the molecule is O=C(O)CCCCCCCn1c(=O)n(C2CCC(=O)NC2=O)c2ccc(CCCN3CCN(C(=O)C4CCC(NC(=O)[C@@H]5NC6(CCCCC6)[C@@]6(C(=O)Nc7cc(Cl)ccc76)[C@H]5c5cccc(Cl)c5F)CC4)CC3)cc21. The van der Waals surface area contributed by atoms with Crippen LogP contribution in [0.1, 0.15) is 144 Å². The van der Waals surface area contributed by atoms with Gasteiger partial charge < -0.3 is 20.6 Å². The quantitative estimate of drug-likeness (QED) is 0.0514. The minimum absolute atomic E-state index is 0.0776. The molecule has 2 saturated carbocycles. The number of aryl methyl sites for hydroxylation is 2. The molecule has 2 aliphatic carbocycles. The van der Waals surface area contributed by atoms with Gasteiger partial charge in [0.1, 0.15) is 17.3 Å². The van der Waals surface area contributed by atoms with E-state index in [1.54, 1.807) is 28.8 Å². The largest absolute Gasteiger partial charge is 0.481 e. The van der Waals surface area contributed by atoms with Crippen LogP contribution in [0.2, 0.25) is 10.0 Å². The van der Waals surface area contributed by atoms with Crippen molar-refractivity contribution in [3.8, 4) is 0 Å². The summed E-state index contributed by atoms with van der Waals surface area (Å²) in [5.41, 5.74) is 1.54. The van der Waals surface area contributed by atoms with Crippen molar-refractivity contribution in [1.29, 1.82) is 0 Å². The number of anilines is 1. The van der Waals surface area contributed by atoms with Crippen molar-refractivity contribution in [2.45, 2.75) is 164 Å². The predicted molar refractivity (Wildman–Crippen MR) is 287 cm³/mol. The summed E-state index contributed by atoms with van der Waals surface area (Å²) < 4.78 is 19.7. The van der Waals surface area contributed by atoms with Crippen LogP contribution in [0, 0.1) is 11.7 Å². The van der Waals surface area contributed by atoms with Crippen molar-refractivity contribution in [3.05, 3.63) is 97.6 Å². The minimum atomic E-state index is -1.32. The number of rotatable bonds is 17. The summed E-state index contributed by atoms with van der Waals surface area (Å²) in [7, 11) is 0. The van der Waals surface area contributed by atoms with Crippen LogP contribution in [0.15, 0.2) is 59.4 Å². The average molecular weight is 1080 g/mol. The first kappa shape index (κ1) is 53.8. The van der Waals surface area contributed by atoms with E-state index < -0.39 is 46.6 Å². The van der Waals surface area contributed by atoms with Gasteiger partial charge in [-0.2, -0.15) is 0 Å². The Balaban J connectivity index is 0.737. The number of aromatic nitrogens is 2. The van der Waals surface area contributed by atoms with E-state index in [1.165, 1.54) is 10.6 Å². The summed E-state index contributed by atoms with van der Waals surface area (Å²) in [4.78, 5) is 97.7. The van der Waals surface area contributed by atoms with Crippen molar-refractivity contribution in [1.82, 2.24) is 34.9 Å². The van der Waals surface area contributed by atoms with Gasteiger partial charge in [-0.25, -0.2) is 9.18 Å². The van der Waals surface area contributed by atoms with E-state index >= 15 is 4.39 Å². The number of imidazole rings is 1. The molecule has 0 radical (unpaired) electrons. The van der Waals surface area contributed by atoms with Gasteiger partial charge in [0.15, 0.2) is 0 Å². The molecule has 1 unspecified atom stereocenters. The van der Waals surface area contributed by atoms with Crippen molar-refractivity contribution in [2.75, 3.05) is 38.0 Å². The Morgan fingerprint density at radius 3 is 2.29 bits per heavy atom. The van der Waals surface area contributed by atoms with Gasteiger partial charge in [-0.1, -0.05) is 86.0 Å². The number of piperazine rings is 1. The molecule has 2 spiro atoms. The van der Waals surface area contributed by atoms with Crippen LogP contribution in [-0.4, -0.2) is 110 Å². The Kier molecular flexibility index (Phi) is 16.1. The fourth-order valence-corrected chi connectivity index (χ4v) is 14.3. The van der Waals surface area contributed by atoms with Gasteiger partial charge in [-0.3, -0.25) is 53.4 Å². The molecule has 3 aromatic carbocycles. The molecule has 3 saturated heterocycles. The monoisotopic (exact) mass is 1080 g/mol. The molecule has 4 atom stereocenters. The summed E-state index contributed by atoms with van der Waals surface area (Å²) in [5, 5.41) is 21.8. The van der Waals surface area contributed by atoms with Gasteiger partial charge >= 0.3 is 11.7 Å². The number of hydrogen-bond acceptors (Lipinski definition) is 9. The number of amides is 5. The molecule has 4 aromatic rings. The maximum atomic E-state index is 16.4. The molecule has 19 heteroatoms. The van der Waals surface area contributed by atoms with Crippen LogP contribution in [0.4, 0.5) is 10.1 Å². The number of halogens is 3. The highest BCUT2D eigenvalue weighted by atomic mass is 35.5. The molecule has 5 N–H and O–H groups in total. The van der Waals surface area contributed by atoms with E-state index in [0.29, 0.717) is 86.4 Å². The molecule has 10 rings (SSSR count). The van der Waals surface area contributed by atoms with Crippen molar-refractivity contribution in [3.63, 3.8) is 0 Å². The molecule has 16 nitrogen and oxygen atoms in total. The first-order valence-corrected chi connectivity index (χ1v) is 28.4. The lowest BCUT2D eigenvalue weighted by molar-refractivity contribution is -0.139. The number of aliphatic carboxylic acids is 1. The van der Waals surface area contributed by atoms with Crippen LogP contribution in [0.25, 0.3) is 11.0 Å². The number of carboxylic acids is 1. The molecule has 0 bridgehead atoms. The maximum absolute atomic E-state index is 16.4. The zero-order chi connectivity index (χ0) is 53.3. The second kappa shape index (κ2) is 22.8. The summed E-state index contributed by atoms with van der Waals surface area (Å²) in [6.45, 7) is 4.06. The Labute approximate surface area is 451 Å². The molecule has 76 heavy (non-hydrogen) atoms. The average Bonchev–Trinajstić information content (AvgIpc) is 4.03. The fourth-order valence-electron chi connectivity index (χ4n) is 14.0. The molecule has 1 aromatic heterocycles. The highest BCUT2D eigenvalue weighted by Gasteiger charge is 2.72. The smallest absolute Gasteiger partial charge is 0.329 e. The Morgan fingerprint density at radius 2 is 1.54 bits per heavy atom. The van der Waals surface area contributed by atoms with Crippen LogP contribution in [-0.2, 0) is 47.1 Å². The third-order valence-corrected chi connectivity index (χ3v) is 18.2. The Morgan fingerprint density at radius 1 is 0.789 bits per heavy atom. The summed E-state index contributed by atoms with van der Waals surface area (Å²) in [5.74, 6) is -3.77. The van der Waals surface area contributed by atoms with Gasteiger partial charge in [-0.05, 0) is 124 Å². The number of benzene rings is 3. The second-order valence-electron chi connectivity index (χ2n) is 22.2. The number of carbonyl (C=O) groups excluding carboxylic acids is 5. The number of fused-ring (bicyclic) bond motifs is 4. The third-order valence-electron chi connectivity index (χ3n) is 17.7. The van der Waals surface area contributed by atoms with E-state index in [-0.39, 0.29) is 71.1 Å². The van der Waals surface area contributed by atoms with E-state index in [1.807, 2.05) is 29.2 Å². The normalized spacial score (nSPS) is 25.5. The molecule has 4 aliphatic heterocycles. The number of carbonyl (C=O) groups is 6. The first-order chi connectivity index (χ1) is 36.7. The zero-order valence-corrected chi connectivity index (χ0v) is 44.5. The van der Waals surface area contributed by atoms with Gasteiger partial charge in [0, 0.05) is 79.7 Å². The fraction of sp³-hybridized carbons (Fsp3) is 0.561. The molecular weight excluding hydrogens is 1010 g/mol. The summed E-state index contributed by atoms with van der Waals surface area (Å²) in [6, 6.07) is 14.1. The van der Waals surface area contributed by atoms with Crippen molar-refractivity contribution >= 4 is 75.4 Å². The van der Waals surface area contributed by atoms with E-state index in [0.717, 1.165) is 88.5 Å². The number of unbranched alkanes of at least 4 members (excludes halogenated alkanes) is 4. The molecule has 406 valence electrons. The molecule has 6 aliphatic rings. The molecule has 5 fully saturated rings. The number of nitrogens with one attached hydrogen (secondary N) is 4. The van der Waals surface area contributed by atoms with Crippen LogP contribution in [0.3, 0.4) is 0 Å². The second-order valence-corrected chi connectivity index (χ2v) is 23.0.